The lowest BCUT2D eigenvalue weighted by Crippen LogP contribution is -2.27. The molecule has 0 aliphatic heterocycles. The number of carbonyl (C=O) groups is 1. The molecule has 1 aromatic heterocycles. The summed E-state index contributed by atoms with van der Waals surface area (Å²) < 4.78 is 7.05. The van der Waals surface area contributed by atoms with E-state index in [1.54, 1.807) is 12.1 Å². The highest BCUT2D eigenvalue weighted by molar-refractivity contribution is 5.94. The first-order chi connectivity index (χ1) is 9.81. The van der Waals surface area contributed by atoms with Crippen molar-refractivity contribution in [2.24, 2.45) is 0 Å². The lowest BCUT2D eigenvalue weighted by Gasteiger charge is -2.07. The third kappa shape index (κ3) is 3.94. The number of amides is 1. The molecule has 1 heterocycles. The molecule has 5 heteroatoms. The van der Waals surface area contributed by atoms with E-state index in [4.69, 9.17) is 9.84 Å². The molecule has 0 aliphatic rings. The molecule has 0 saturated heterocycles. The van der Waals surface area contributed by atoms with Crippen molar-refractivity contribution in [2.45, 2.75) is 0 Å². The van der Waals surface area contributed by atoms with E-state index in [0.717, 1.165) is 5.69 Å². The maximum atomic E-state index is 11.9. The fraction of sp³-hybridized carbons (Fsp3) is 0.267. The predicted octanol–water partition coefficient (Wildman–Crippen LogP) is 1.22. The van der Waals surface area contributed by atoms with E-state index < -0.39 is 0 Å². The molecule has 0 spiro atoms. The van der Waals surface area contributed by atoms with Gasteiger partial charge in [-0.2, -0.15) is 0 Å². The van der Waals surface area contributed by atoms with E-state index >= 15 is 0 Å². The van der Waals surface area contributed by atoms with E-state index in [-0.39, 0.29) is 12.5 Å². The van der Waals surface area contributed by atoms with E-state index in [9.17, 15) is 4.79 Å². The van der Waals surface area contributed by atoms with Crippen molar-refractivity contribution in [3.63, 3.8) is 0 Å². The molecule has 0 radical (unpaired) electrons. The van der Waals surface area contributed by atoms with Gasteiger partial charge in [-0.25, -0.2) is 0 Å². The zero-order valence-electron chi connectivity index (χ0n) is 11.2. The standard InChI is InChI=1S/C15H18N2O3/c18-10-12-20-11-7-16-15(19)13-3-5-14(6-4-13)17-8-1-2-9-17/h1-6,8-9,18H,7,10-12H2,(H,16,19). The second-order valence-electron chi connectivity index (χ2n) is 4.23. The van der Waals surface area contributed by atoms with Crippen LogP contribution in [0.1, 0.15) is 10.4 Å². The summed E-state index contributed by atoms with van der Waals surface area (Å²) in [6.07, 6.45) is 3.90. The Hall–Kier alpha value is -2.11. The molecule has 20 heavy (non-hydrogen) atoms. The van der Waals surface area contributed by atoms with Crippen LogP contribution in [0.3, 0.4) is 0 Å². The molecular formula is C15H18N2O3. The van der Waals surface area contributed by atoms with Gasteiger partial charge in [0.05, 0.1) is 19.8 Å². The van der Waals surface area contributed by atoms with E-state index in [1.807, 2.05) is 41.2 Å². The van der Waals surface area contributed by atoms with Crippen molar-refractivity contribution in [2.75, 3.05) is 26.4 Å². The number of aromatic nitrogens is 1. The highest BCUT2D eigenvalue weighted by Gasteiger charge is 2.04. The molecule has 0 unspecified atom stereocenters. The van der Waals surface area contributed by atoms with E-state index in [2.05, 4.69) is 5.32 Å². The number of hydrogen-bond donors (Lipinski definition) is 2. The van der Waals surface area contributed by atoms with Crippen LogP contribution in [0, 0.1) is 0 Å². The van der Waals surface area contributed by atoms with Crippen LogP contribution in [0.2, 0.25) is 0 Å². The van der Waals surface area contributed by atoms with Gasteiger partial charge < -0.3 is 19.7 Å². The zero-order valence-corrected chi connectivity index (χ0v) is 11.2. The van der Waals surface area contributed by atoms with Gasteiger partial charge in [-0.05, 0) is 36.4 Å². The molecule has 2 aromatic rings. The number of nitrogens with zero attached hydrogens (tertiary/aromatic N) is 1. The highest BCUT2D eigenvalue weighted by Crippen LogP contribution is 2.09. The van der Waals surface area contributed by atoms with Gasteiger partial charge in [0.2, 0.25) is 0 Å². The largest absolute Gasteiger partial charge is 0.394 e. The van der Waals surface area contributed by atoms with Gasteiger partial charge >= 0.3 is 0 Å². The normalized spacial score (nSPS) is 10.4. The van der Waals surface area contributed by atoms with Crippen LogP contribution < -0.4 is 5.32 Å². The third-order valence-electron chi connectivity index (χ3n) is 2.80. The molecule has 1 aromatic carbocycles. The Kier molecular flexibility index (Phi) is 5.34. The minimum atomic E-state index is -0.128. The average molecular weight is 274 g/mol. The minimum Gasteiger partial charge on any atom is -0.394 e. The van der Waals surface area contributed by atoms with Gasteiger partial charge in [0.15, 0.2) is 0 Å². The number of nitrogens with one attached hydrogen (secondary N) is 1. The van der Waals surface area contributed by atoms with Crippen molar-refractivity contribution in [3.05, 3.63) is 54.4 Å². The molecule has 1 amide bonds. The van der Waals surface area contributed by atoms with Gasteiger partial charge in [-0.15, -0.1) is 0 Å². The lowest BCUT2D eigenvalue weighted by atomic mass is 10.2. The van der Waals surface area contributed by atoms with Crippen LogP contribution in [0.5, 0.6) is 0 Å². The predicted molar refractivity (Wildman–Crippen MR) is 76.0 cm³/mol. The lowest BCUT2D eigenvalue weighted by molar-refractivity contribution is 0.0838. The fourth-order valence-corrected chi connectivity index (χ4v) is 1.80. The number of hydrogen-bond acceptors (Lipinski definition) is 3. The summed E-state index contributed by atoms with van der Waals surface area (Å²) in [4.78, 5) is 11.9. The van der Waals surface area contributed by atoms with E-state index in [1.165, 1.54) is 0 Å². The monoisotopic (exact) mass is 274 g/mol. The van der Waals surface area contributed by atoms with Crippen molar-refractivity contribution in [1.82, 2.24) is 9.88 Å². The zero-order chi connectivity index (χ0) is 14.2. The van der Waals surface area contributed by atoms with Crippen molar-refractivity contribution in [3.8, 4) is 5.69 Å². The van der Waals surface area contributed by atoms with Gasteiger partial charge in [0.1, 0.15) is 0 Å². The van der Waals surface area contributed by atoms with Crippen LogP contribution >= 0.6 is 0 Å². The van der Waals surface area contributed by atoms with Crippen LogP contribution in [0.15, 0.2) is 48.8 Å². The van der Waals surface area contributed by atoms with Crippen LogP contribution in [0.4, 0.5) is 0 Å². The molecule has 2 N–H and O–H groups in total. The van der Waals surface area contributed by atoms with Crippen molar-refractivity contribution in [1.29, 1.82) is 0 Å². The number of ether oxygens (including phenoxy) is 1. The molecule has 5 nitrogen and oxygen atoms in total. The Bertz CT molecular complexity index is 521. The van der Waals surface area contributed by atoms with Crippen LogP contribution in [-0.4, -0.2) is 41.9 Å². The third-order valence-corrected chi connectivity index (χ3v) is 2.80. The number of rotatable bonds is 7. The summed E-state index contributed by atoms with van der Waals surface area (Å²) in [6.45, 7) is 1.11. The summed E-state index contributed by atoms with van der Waals surface area (Å²) in [7, 11) is 0. The molecule has 0 saturated carbocycles. The molecule has 0 fully saturated rings. The number of aliphatic hydroxyl groups is 1. The molecule has 0 aliphatic carbocycles. The minimum absolute atomic E-state index is 0.00516. The van der Waals surface area contributed by atoms with E-state index in [0.29, 0.717) is 25.3 Å². The second kappa shape index (κ2) is 7.47. The Balaban J connectivity index is 1.85. The smallest absolute Gasteiger partial charge is 0.251 e. The first kappa shape index (κ1) is 14.3. The summed E-state index contributed by atoms with van der Waals surface area (Å²) in [6, 6.07) is 11.3. The molecule has 106 valence electrons. The second-order valence-corrected chi connectivity index (χ2v) is 4.23. The molecule has 2 rings (SSSR count). The molecule has 0 bridgehead atoms. The number of benzene rings is 1. The van der Waals surface area contributed by atoms with Gasteiger partial charge in [-0.1, -0.05) is 0 Å². The highest BCUT2D eigenvalue weighted by atomic mass is 16.5. The average Bonchev–Trinajstić information content (AvgIpc) is 3.01. The summed E-state index contributed by atoms with van der Waals surface area (Å²) in [5, 5.41) is 11.3. The first-order valence-corrected chi connectivity index (χ1v) is 6.51. The quantitative estimate of drug-likeness (QED) is 0.746. The maximum absolute atomic E-state index is 11.9. The number of carbonyl (C=O) groups excluding carboxylic acids is 1. The Labute approximate surface area is 117 Å². The van der Waals surface area contributed by atoms with Gasteiger partial charge in [0.25, 0.3) is 5.91 Å². The van der Waals surface area contributed by atoms with Crippen molar-refractivity contribution >= 4 is 5.91 Å². The van der Waals surface area contributed by atoms with Crippen LogP contribution in [0.25, 0.3) is 5.69 Å². The van der Waals surface area contributed by atoms with Crippen molar-refractivity contribution < 1.29 is 14.6 Å². The van der Waals surface area contributed by atoms with Crippen LogP contribution in [-0.2, 0) is 4.74 Å². The topological polar surface area (TPSA) is 63.5 Å². The Morgan fingerprint density at radius 1 is 1.15 bits per heavy atom. The summed E-state index contributed by atoms with van der Waals surface area (Å²) in [5.41, 5.74) is 1.63. The van der Waals surface area contributed by atoms with Gasteiger partial charge in [-0.3, -0.25) is 4.79 Å². The Morgan fingerprint density at radius 2 is 1.85 bits per heavy atom. The molecule has 0 atom stereocenters. The summed E-state index contributed by atoms with van der Waals surface area (Å²) >= 11 is 0. The molecular weight excluding hydrogens is 256 g/mol. The fourth-order valence-electron chi connectivity index (χ4n) is 1.80. The SMILES string of the molecule is O=C(NCCOCCO)c1ccc(-n2cccc2)cc1. The maximum Gasteiger partial charge on any atom is 0.251 e. The van der Waals surface area contributed by atoms with Gasteiger partial charge in [0, 0.05) is 30.2 Å². The summed E-state index contributed by atoms with van der Waals surface area (Å²) in [5.74, 6) is -0.128. The Morgan fingerprint density at radius 3 is 2.50 bits per heavy atom. The number of aliphatic hydroxyl groups excluding tert-OH is 1. The first-order valence-electron chi connectivity index (χ1n) is 6.51.